The number of nitrogens with one attached hydrogen (secondary N) is 1. The van der Waals surface area contributed by atoms with Crippen LogP contribution in [0.2, 0.25) is 0 Å². The van der Waals surface area contributed by atoms with Gasteiger partial charge in [0.25, 0.3) is 0 Å². The third kappa shape index (κ3) is 5.42. The molecule has 1 saturated heterocycles. The Morgan fingerprint density at radius 1 is 1.37 bits per heavy atom. The van der Waals surface area contributed by atoms with Gasteiger partial charge in [0.15, 0.2) is 0 Å². The molecule has 1 aromatic rings. The van der Waals surface area contributed by atoms with Crippen LogP contribution in [0, 0.1) is 5.41 Å². The topological polar surface area (TPSA) is 95.7 Å². The molecular weight excluding hydrogens is 388 g/mol. The summed E-state index contributed by atoms with van der Waals surface area (Å²) in [7, 11) is -0.584. The fraction of sp³-hybridized carbons (Fsp3) is 0.611. The molecule has 1 fully saturated rings. The summed E-state index contributed by atoms with van der Waals surface area (Å²) in [5.74, 6) is -0.157. The van der Waals surface area contributed by atoms with Gasteiger partial charge in [-0.3, -0.25) is 9.69 Å². The van der Waals surface area contributed by atoms with E-state index in [2.05, 4.69) is 24.1 Å². The molecule has 2 atom stereocenters. The van der Waals surface area contributed by atoms with E-state index in [1.807, 2.05) is 6.92 Å². The first-order valence-electron chi connectivity index (χ1n) is 8.78. The number of nitrogens with zero attached hydrogens (tertiary/aromatic N) is 2. The summed E-state index contributed by atoms with van der Waals surface area (Å²) in [5, 5.41) is 2.83. The van der Waals surface area contributed by atoms with Crippen molar-refractivity contribution in [2.75, 3.05) is 32.5 Å². The van der Waals surface area contributed by atoms with E-state index in [4.69, 9.17) is 5.73 Å². The highest BCUT2D eigenvalue weighted by atomic mass is 35.5. The van der Waals surface area contributed by atoms with Crippen molar-refractivity contribution in [3.05, 3.63) is 24.3 Å². The Kier molecular flexibility index (Phi) is 7.84. The average Bonchev–Trinajstić information content (AvgIpc) is 2.56. The van der Waals surface area contributed by atoms with Crippen LogP contribution in [0.25, 0.3) is 0 Å². The molecule has 154 valence electrons. The number of sulfonamides is 1. The normalized spacial score (nSPS) is 21.4. The summed E-state index contributed by atoms with van der Waals surface area (Å²) in [5.41, 5.74) is 6.59. The molecule has 1 aromatic carbocycles. The maximum absolute atomic E-state index is 12.7. The Morgan fingerprint density at radius 3 is 2.56 bits per heavy atom. The lowest BCUT2D eigenvalue weighted by Gasteiger charge is -2.44. The van der Waals surface area contributed by atoms with Crippen LogP contribution in [0.5, 0.6) is 0 Å². The van der Waals surface area contributed by atoms with E-state index >= 15 is 0 Å². The van der Waals surface area contributed by atoms with E-state index in [1.54, 1.807) is 12.1 Å². The first-order chi connectivity index (χ1) is 11.9. The first-order valence-corrected chi connectivity index (χ1v) is 10.2. The van der Waals surface area contributed by atoms with Gasteiger partial charge in [-0.1, -0.05) is 19.9 Å². The average molecular weight is 419 g/mol. The molecule has 7 nitrogen and oxygen atoms in total. The van der Waals surface area contributed by atoms with E-state index in [-0.39, 0.29) is 40.7 Å². The highest BCUT2D eigenvalue weighted by Crippen LogP contribution is 2.29. The summed E-state index contributed by atoms with van der Waals surface area (Å²) in [6.45, 7) is 7.61. The molecule has 0 aliphatic carbocycles. The minimum absolute atomic E-state index is 0. The smallest absolute Gasteiger partial charge is 0.242 e. The Hall–Kier alpha value is -1.19. The van der Waals surface area contributed by atoms with Gasteiger partial charge >= 0.3 is 0 Å². The standard InChI is InChI=1S/C18H30N4O3S.ClH/c1-13(22-10-9-16(19)18(2,3)12-22)17(23)20-14-7-6-8-15(11-14)26(24,25)21(4)5;/h6-8,11,13,16H,9-10,12,19H2,1-5H3,(H,20,23);1H. The van der Waals surface area contributed by atoms with E-state index < -0.39 is 10.0 Å². The van der Waals surface area contributed by atoms with Gasteiger partial charge in [-0.2, -0.15) is 0 Å². The van der Waals surface area contributed by atoms with Crippen molar-refractivity contribution in [3.63, 3.8) is 0 Å². The summed E-state index contributed by atoms with van der Waals surface area (Å²) >= 11 is 0. The number of rotatable bonds is 5. The summed E-state index contributed by atoms with van der Waals surface area (Å²) in [4.78, 5) is 14.9. The number of halogens is 1. The van der Waals surface area contributed by atoms with Crippen LogP contribution < -0.4 is 11.1 Å². The molecule has 3 N–H and O–H groups in total. The van der Waals surface area contributed by atoms with Gasteiger partial charge in [0.1, 0.15) is 0 Å². The molecule has 2 rings (SSSR count). The second-order valence-corrected chi connectivity index (χ2v) is 9.99. The van der Waals surface area contributed by atoms with Gasteiger partial charge in [0, 0.05) is 38.9 Å². The minimum atomic E-state index is -3.54. The van der Waals surface area contributed by atoms with Gasteiger partial charge in [0.2, 0.25) is 15.9 Å². The highest BCUT2D eigenvalue weighted by Gasteiger charge is 2.36. The van der Waals surface area contributed by atoms with Crippen molar-refractivity contribution in [2.24, 2.45) is 11.1 Å². The van der Waals surface area contributed by atoms with E-state index in [9.17, 15) is 13.2 Å². The maximum Gasteiger partial charge on any atom is 0.242 e. The molecule has 1 heterocycles. The summed E-state index contributed by atoms with van der Waals surface area (Å²) < 4.78 is 25.6. The van der Waals surface area contributed by atoms with Gasteiger partial charge in [-0.25, -0.2) is 12.7 Å². The van der Waals surface area contributed by atoms with Gasteiger partial charge in [0.05, 0.1) is 10.9 Å². The Labute approximate surface area is 168 Å². The molecule has 0 radical (unpaired) electrons. The number of nitrogens with two attached hydrogens (primary N) is 1. The van der Waals surface area contributed by atoms with Crippen LogP contribution in [0.15, 0.2) is 29.2 Å². The van der Waals surface area contributed by atoms with Crippen molar-refractivity contribution in [3.8, 4) is 0 Å². The van der Waals surface area contributed by atoms with E-state index in [0.717, 1.165) is 23.8 Å². The summed E-state index contributed by atoms with van der Waals surface area (Å²) in [6, 6.07) is 6.12. The lowest BCUT2D eigenvalue weighted by molar-refractivity contribution is -0.122. The zero-order valence-corrected chi connectivity index (χ0v) is 18.2. The first kappa shape index (κ1) is 23.8. The van der Waals surface area contributed by atoms with Crippen LogP contribution in [0.3, 0.4) is 0 Å². The molecule has 0 spiro atoms. The zero-order valence-electron chi connectivity index (χ0n) is 16.6. The number of piperidine rings is 1. The molecule has 9 heteroatoms. The Morgan fingerprint density at radius 2 is 2.00 bits per heavy atom. The second kappa shape index (κ2) is 8.87. The molecule has 1 amide bonds. The monoisotopic (exact) mass is 418 g/mol. The quantitative estimate of drug-likeness (QED) is 0.759. The molecule has 0 bridgehead atoms. The van der Waals surface area contributed by atoms with Crippen molar-refractivity contribution in [1.29, 1.82) is 0 Å². The third-order valence-electron chi connectivity index (χ3n) is 5.15. The molecular formula is C18H31ClN4O3S. The highest BCUT2D eigenvalue weighted by molar-refractivity contribution is 7.89. The van der Waals surface area contributed by atoms with Crippen molar-refractivity contribution < 1.29 is 13.2 Å². The third-order valence-corrected chi connectivity index (χ3v) is 6.96. The molecule has 0 aromatic heterocycles. The molecule has 27 heavy (non-hydrogen) atoms. The van der Waals surface area contributed by atoms with Crippen molar-refractivity contribution in [2.45, 2.75) is 44.2 Å². The molecule has 2 unspecified atom stereocenters. The number of hydrogen-bond acceptors (Lipinski definition) is 5. The number of likely N-dealkylation sites (tertiary alicyclic amines) is 1. The maximum atomic E-state index is 12.7. The number of benzene rings is 1. The van der Waals surface area contributed by atoms with Crippen LogP contribution >= 0.6 is 12.4 Å². The Balaban J connectivity index is 0.00000364. The van der Waals surface area contributed by atoms with Crippen LogP contribution in [0.4, 0.5) is 5.69 Å². The lowest BCUT2D eigenvalue weighted by atomic mass is 9.79. The summed E-state index contributed by atoms with van der Waals surface area (Å²) in [6.07, 6.45) is 0.848. The van der Waals surface area contributed by atoms with E-state index in [1.165, 1.54) is 26.2 Å². The Bertz CT molecular complexity index is 768. The molecule has 1 aliphatic heterocycles. The predicted molar refractivity (Wildman–Crippen MR) is 111 cm³/mol. The number of carbonyl (C=O) groups excluding carboxylic acids is 1. The van der Waals surface area contributed by atoms with Crippen LogP contribution in [-0.2, 0) is 14.8 Å². The van der Waals surface area contributed by atoms with Gasteiger partial charge in [-0.05, 0) is 37.0 Å². The molecule has 1 aliphatic rings. The van der Waals surface area contributed by atoms with Crippen molar-refractivity contribution in [1.82, 2.24) is 9.21 Å². The van der Waals surface area contributed by atoms with Gasteiger partial charge in [-0.15, -0.1) is 12.4 Å². The number of anilines is 1. The fourth-order valence-corrected chi connectivity index (χ4v) is 4.05. The minimum Gasteiger partial charge on any atom is -0.327 e. The number of amides is 1. The zero-order chi connectivity index (χ0) is 19.7. The number of hydrogen-bond donors (Lipinski definition) is 2. The van der Waals surface area contributed by atoms with Crippen LogP contribution in [0.1, 0.15) is 27.2 Å². The second-order valence-electron chi connectivity index (χ2n) is 7.83. The predicted octanol–water partition coefficient (Wildman–Crippen LogP) is 1.74. The van der Waals surface area contributed by atoms with Crippen LogP contribution in [-0.4, -0.2) is 62.8 Å². The largest absolute Gasteiger partial charge is 0.327 e. The SMILES string of the molecule is CC(C(=O)Nc1cccc(S(=O)(=O)N(C)C)c1)N1CCC(N)C(C)(C)C1.Cl. The number of carbonyl (C=O) groups is 1. The van der Waals surface area contributed by atoms with Crippen molar-refractivity contribution >= 4 is 34.0 Å². The van der Waals surface area contributed by atoms with Gasteiger partial charge < -0.3 is 11.1 Å². The fourth-order valence-electron chi connectivity index (χ4n) is 3.10. The van der Waals surface area contributed by atoms with E-state index in [0.29, 0.717) is 5.69 Å². The lowest BCUT2D eigenvalue weighted by Crippen LogP contribution is -2.56. The molecule has 0 saturated carbocycles.